The third kappa shape index (κ3) is 6.54. The molecule has 9 heteroatoms. The predicted octanol–water partition coefficient (Wildman–Crippen LogP) is 2.55. The molecule has 0 aromatic carbocycles. The molecule has 2 rings (SSSR count). The highest BCUT2D eigenvalue weighted by molar-refractivity contribution is 14.1. The summed E-state index contributed by atoms with van der Waals surface area (Å²) in [6.45, 7) is 8.54. The van der Waals surface area contributed by atoms with Crippen molar-refractivity contribution < 1.29 is 9.66 Å². The van der Waals surface area contributed by atoms with Gasteiger partial charge in [0.15, 0.2) is 0 Å². The van der Waals surface area contributed by atoms with E-state index in [0.717, 1.165) is 13.1 Å². The maximum Gasteiger partial charge on any atom is 0.334 e. The first kappa shape index (κ1) is 21.1. The standard InChI is InChI=1S/C14H21N3O4.CHIS/c1-10-6-13(17(19)20)14(18)16(7-10)5-4-15-8-11(2)21-12(3)9-15;2-1-3/h6-7,11-12H,4-5,8-9H2,1-3H3;1H. The van der Waals surface area contributed by atoms with Crippen molar-refractivity contribution >= 4 is 43.9 Å². The Labute approximate surface area is 160 Å². The third-order valence-corrected chi connectivity index (χ3v) is 3.55. The Morgan fingerprint density at radius 1 is 1.42 bits per heavy atom. The first-order valence-corrected chi connectivity index (χ1v) is 9.27. The Morgan fingerprint density at radius 3 is 2.46 bits per heavy atom. The summed E-state index contributed by atoms with van der Waals surface area (Å²) >= 11 is 6.23. The van der Waals surface area contributed by atoms with Crippen molar-refractivity contribution in [1.29, 1.82) is 0 Å². The fourth-order valence-electron chi connectivity index (χ4n) is 2.78. The number of aryl methyl sites for hydroxylation is 1. The number of hydrogen-bond acceptors (Lipinski definition) is 6. The zero-order chi connectivity index (χ0) is 18.3. The lowest BCUT2D eigenvalue weighted by Gasteiger charge is -2.35. The zero-order valence-corrected chi connectivity index (χ0v) is 17.0. The number of nitrogens with zero attached hydrogens (tertiary/aromatic N) is 3. The van der Waals surface area contributed by atoms with Gasteiger partial charge in [0.2, 0.25) is 0 Å². The monoisotopic (exact) mass is 467 g/mol. The predicted molar refractivity (Wildman–Crippen MR) is 106 cm³/mol. The second-order valence-corrected chi connectivity index (χ2v) is 7.47. The molecule has 2 unspecified atom stereocenters. The second-order valence-electron chi connectivity index (χ2n) is 5.76. The number of thiocarbonyl (C=S) groups is 1. The average Bonchev–Trinajstić information content (AvgIpc) is 2.47. The SMILES string of the molecule is Cc1cc([N+](=O)[O-])c(=O)n(CCN2CC(C)OC(C)C2)c1.S=CI. The molecule has 1 saturated heterocycles. The summed E-state index contributed by atoms with van der Waals surface area (Å²) in [5.74, 6) is 0. The molecule has 2 atom stereocenters. The van der Waals surface area contributed by atoms with Crippen LogP contribution in [0.25, 0.3) is 0 Å². The van der Waals surface area contributed by atoms with E-state index in [1.54, 1.807) is 16.5 Å². The average molecular weight is 467 g/mol. The van der Waals surface area contributed by atoms with Crippen LogP contribution in [0.2, 0.25) is 0 Å². The summed E-state index contributed by atoms with van der Waals surface area (Å²) in [7, 11) is 0. The van der Waals surface area contributed by atoms with E-state index in [1.165, 1.54) is 10.6 Å². The van der Waals surface area contributed by atoms with Gasteiger partial charge in [-0.1, -0.05) is 12.2 Å². The van der Waals surface area contributed by atoms with Crippen molar-refractivity contribution in [3.05, 3.63) is 38.3 Å². The summed E-state index contributed by atoms with van der Waals surface area (Å²) < 4.78 is 8.64. The number of hydrogen-bond donors (Lipinski definition) is 0. The molecular weight excluding hydrogens is 445 g/mol. The molecule has 0 bridgehead atoms. The fraction of sp³-hybridized carbons (Fsp3) is 0.600. The maximum absolute atomic E-state index is 12.0. The number of nitro groups is 1. The lowest BCUT2D eigenvalue weighted by molar-refractivity contribution is -0.386. The molecule has 0 aliphatic carbocycles. The van der Waals surface area contributed by atoms with E-state index in [2.05, 4.69) is 17.1 Å². The van der Waals surface area contributed by atoms with E-state index >= 15 is 0 Å². The molecular formula is C15H22IN3O4S. The number of rotatable bonds is 4. The quantitative estimate of drug-likeness (QED) is 0.223. The second kappa shape index (κ2) is 10.2. The maximum atomic E-state index is 12.0. The number of morpholine rings is 1. The van der Waals surface area contributed by atoms with Crippen LogP contribution in [-0.2, 0) is 11.3 Å². The molecule has 0 spiro atoms. The van der Waals surface area contributed by atoms with Crippen LogP contribution in [0.4, 0.5) is 5.69 Å². The summed E-state index contributed by atoms with van der Waals surface area (Å²) in [5.41, 5.74) is -0.191. The molecule has 1 aromatic rings. The molecule has 7 nitrogen and oxygen atoms in total. The van der Waals surface area contributed by atoms with Gasteiger partial charge in [-0.2, -0.15) is 0 Å². The highest BCUT2D eigenvalue weighted by Gasteiger charge is 2.22. The molecule has 1 aliphatic rings. The molecule has 1 aromatic heterocycles. The fourth-order valence-corrected chi connectivity index (χ4v) is 2.78. The van der Waals surface area contributed by atoms with Gasteiger partial charge in [-0.3, -0.25) is 19.8 Å². The molecule has 0 amide bonds. The van der Waals surface area contributed by atoms with Crippen LogP contribution in [0.3, 0.4) is 0 Å². The zero-order valence-electron chi connectivity index (χ0n) is 14.0. The van der Waals surface area contributed by atoms with Crippen molar-refractivity contribution in [2.24, 2.45) is 0 Å². The van der Waals surface area contributed by atoms with Gasteiger partial charge in [0, 0.05) is 41.8 Å². The molecule has 0 radical (unpaired) electrons. The lowest BCUT2D eigenvalue weighted by atomic mass is 10.2. The number of aromatic nitrogens is 1. The van der Waals surface area contributed by atoms with Gasteiger partial charge < -0.3 is 9.30 Å². The van der Waals surface area contributed by atoms with Crippen LogP contribution in [0.5, 0.6) is 0 Å². The molecule has 0 saturated carbocycles. The smallest absolute Gasteiger partial charge is 0.334 e. The summed E-state index contributed by atoms with van der Waals surface area (Å²) in [6.07, 6.45) is 2.00. The van der Waals surface area contributed by atoms with Gasteiger partial charge in [0.25, 0.3) is 0 Å². The number of pyridine rings is 1. The molecule has 1 fully saturated rings. The van der Waals surface area contributed by atoms with Crippen molar-refractivity contribution in [2.45, 2.75) is 39.5 Å². The van der Waals surface area contributed by atoms with Gasteiger partial charge in [-0.25, -0.2) is 0 Å². The first-order valence-electron chi connectivity index (χ1n) is 7.55. The molecule has 0 N–H and O–H groups in total. The number of halogens is 1. The number of ether oxygens (including phenoxy) is 1. The lowest BCUT2D eigenvalue weighted by Crippen LogP contribution is -2.46. The van der Waals surface area contributed by atoms with Crippen molar-refractivity contribution in [3.8, 4) is 0 Å². The van der Waals surface area contributed by atoms with Crippen LogP contribution >= 0.6 is 34.8 Å². The van der Waals surface area contributed by atoms with E-state index in [-0.39, 0.29) is 17.9 Å². The van der Waals surface area contributed by atoms with Crippen molar-refractivity contribution in [1.82, 2.24) is 9.47 Å². The Kier molecular flexibility index (Phi) is 8.95. The molecule has 24 heavy (non-hydrogen) atoms. The minimum absolute atomic E-state index is 0.164. The Balaban J connectivity index is 0.000000891. The molecule has 1 aliphatic heterocycles. The molecule has 2 heterocycles. The van der Waals surface area contributed by atoms with E-state index in [4.69, 9.17) is 4.74 Å². The summed E-state index contributed by atoms with van der Waals surface area (Å²) in [5, 5.41) is 10.9. The minimum atomic E-state index is -0.620. The van der Waals surface area contributed by atoms with E-state index in [1.807, 2.05) is 36.4 Å². The minimum Gasteiger partial charge on any atom is -0.373 e. The normalized spacial score (nSPS) is 20.8. The van der Waals surface area contributed by atoms with Crippen LogP contribution in [-0.4, -0.2) is 49.6 Å². The van der Waals surface area contributed by atoms with Gasteiger partial charge in [-0.15, -0.1) is 0 Å². The third-order valence-electron chi connectivity index (χ3n) is 3.55. The van der Waals surface area contributed by atoms with E-state index in [9.17, 15) is 14.9 Å². The van der Waals surface area contributed by atoms with Gasteiger partial charge in [0.05, 0.1) is 17.1 Å². The van der Waals surface area contributed by atoms with Crippen LogP contribution < -0.4 is 5.56 Å². The van der Waals surface area contributed by atoms with E-state index in [0.29, 0.717) is 18.7 Å². The van der Waals surface area contributed by atoms with E-state index < -0.39 is 10.5 Å². The van der Waals surface area contributed by atoms with Gasteiger partial charge >= 0.3 is 11.2 Å². The van der Waals surface area contributed by atoms with Gasteiger partial charge in [0.1, 0.15) is 0 Å². The Bertz CT molecular complexity index is 628. The van der Waals surface area contributed by atoms with Crippen LogP contribution in [0, 0.1) is 17.0 Å². The largest absolute Gasteiger partial charge is 0.373 e. The highest BCUT2D eigenvalue weighted by Crippen LogP contribution is 2.11. The first-order chi connectivity index (χ1) is 11.3. The van der Waals surface area contributed by atoms with Crippen LogP contribution in [0.1, 0.15) is 19.4 Å². The van der Waals surface area contributed by atoms with Crippen molar-refractivity contribution in [2.75, 3.05) is 19.6 Å². The topological polar surface area (TPSA) is 77.6 Å². The summed E-state index contributed by atoms with van der Waals surface area (Å²) in [4.78, 5) is 24.5. The summed E-state index contributed by atoms with van der Waals surface area (Å²) in [6, 6.07) is 1.32. The highest BCUT2D eigenvalue weighted by atomic mass is 127. The van der Waals surface area contributed by atoms with Crippen LogP contribution in [0.15, 0.2) is 17.1 Å². The van der Waals surface area contributed by atoms with Crippen molar-refractivity contribution in [3.63, 3.8) is 0 Å². The molecule has 134 valence electrons. The Morgan fingerprint density at radius 2 is 1.96 bits per heavy atom. The Hall–Kier alpha value is -0.910. The van der Waals surface area contributed by atoms with Gasteiger partial charge in [-0.05, 0) is 48.9 Å².